The average Bonchev–Trinajstić information content (AvgIpc) is 2.44. The molecule has 0 radical (unpaired) electrons. The highest BCUT2D eigenvalue weighted by Crippen LogP contribution is 2.16. The summed E-state index contributed by atoms with van der Waals surface area (Å²) in [6, 6.07) is 0. The Balaban J connectivity index is 3.87. The average molecular weight is 279 g/mol. The fourth-order valence-corrected chi connectivity index (χ4v) is 2.13. The number of hydrogen-bond donors (Lipinski definition) is 0. The van der Waals surface area contributed by atoms with Gasteiger partial charge in [0.05, 0.1) is 13.2 Å². The molecule has 0 aromatic rings. The van der Waals surface area contributed by atoms with Crippen molar-refractivity contribution in [1.29, 1.82) is 0 Å². The van der Waals surface area contributed by atoms with Gasteiger partial charge in [0.25, 0.3) is 5.70 Å². The smallest absolute Gasteiger partial charge is 0.335 e. The van der Waals surface area contributed by atoms with E-state index in [0.717, 1.165) is 12.8 Å². The number of ether oxygens (including phenoxy) is 1. The maximum atomic E-state index is 11.5. The van der Waals surface area contributed by atoms with Gasteiger partial charge in [0.15, 0.2) is 0 Å². The third-order valence-electron chi connectivity index (χ3n) is 3.31. The highest BCUT2D eigenvalue weighted by atomic mass is 16.5. The van der Waals surface area contributed by atoms with E-state index >= 15 is 0 Å². The molecule has 0 saturated heterocycles. The van der Waals surface area contributed by atoms with Gasteiger partial charge in [0.1, 0.15) is 0 Å². The molecule has 0 aliphatic carbocycles. The van der Waals surface area contributed by atoms with Crippen molar-refractivity contribution in [2.75, 3.05) is 6.61 Å². The van der Waals surface area contributed by atoms with Crippen molar-refractivity contribution in [2.24, 2.45) is 5.92 Å². The minimum Gasteiger partial charge on any atom is -0.471 e. The number of nitrogens with zero attached hydrogens (tertiary/aromatic N) is 1. The Kier molecular flexibility index (Phi) is 11.9. The van der Waals surface area contributed by atoms with Crippen molar-refractivity contribution < 1.29 is 9.53 Å². The lowest BCUT2D eigenvalue weighted by molar-refractivity contribution is -0.138. The van der Waals surface area contributed by atoms with Crippen molar-refractivity contribution in [3.8, 4) is 0 Å². The Morgan fingerprint density at radius 1 is 1.15 bits per heavy atom. The second-order valence-electron chi connectivity index (χ2n) is 5.27. The van der Waals surface area contributed by atoms with Crippen LogP contribution in [0.3, 0.4) is 0 Å². The molecule has 0 aliphatic heterocycles. The molecule has 1 atom stereocenters. The summed E-state index contributed by atoms with van der Waals surface area (Å²) in [5.74, 6) is -0.229. The summed E-state index contributed by atoms with van der Waals surface area (Å²) < 4.78 is 4.86. The van der Waals surface area contributed by atoms with Crippen LogP contribution in [0.25, 0.3) is 4.85 Å². The Hall–Kier alpha value is -1.30. The summed E-state index contributed by atoms with van der Waals surface area (Å²) in [5.41, 5.74) is 0.127. The zero-order valence-corrected chi connectivity index (χ0v) is 13.3. The lowest BCUT2D eigenvalue weighted by atomic mass is 10.0. The fourth-order valence-electron chi connectivity index (χ4n) is 2.13. The van der Waals surface area contributed by atoms with Gasteiger partial charge in [-0.25, -0.2) is 4.85 Å². The van der Waals surface area contributed by atoms with Crippen LogP contribution in [0.2, 0.25) is 0 Å². The van der Waals surface area contributed by atoms with Crippen LogP contribution in [-0.4, -0.2) is 12.6 Å². The molecule has 3 nitrogen and oxygen atoms in total. The molecule has 0 fully saturated rings. The van der Waals surface area contributed by atoms with Crippen LogP contribution in [0.5, 0.6) is 0 Å². The quantitative estimate of drug-likeness (QED) is 0.227. The molecule has 0 heterocycles. The second-order valence-corrected chi connectivity index (χ2v) is 5.27. The molecule has 0 rings (SSSR count). The Morgan fingerprint density at radius 3 is 2.30 bits per heavy atom. The minimum atomic E-state index is -0.492. The van der Waals surface area contributed by atoms with Gasteiger partial charge in [-0.2, -0.15) is 0 Å². The van der Waals surface area contributed by atoms with E-state index in [0.29, 0.717) is 6.61 Å². The van der Waals surface area contributed by atoms with Gasteiger partial charge in [0.2, 0.25) is 0 Å². The second kappa shape index (κ2) is 12.7. The summed E-state index contributed by atoms with van der Waals surface area (Å²) in [6.07, 6.45) is 11.8. The van der Waals surface area contributed by atoms with Crippen LogP contribution in [0.4, 0.5) is 0 Å². The predicted molar refractivity (Wildman–Crippen MR) is 83.1 cm³/mol. The molecule has 0 bridgehead atoms. The SMILES string of the molecule is [C-]#[N+]/C(=C/C(C)CCCCCCCCC)C(=O)OCC. The van der Waals surface area contributed by atoms with Gasteiger partial charge in [-0.05, 0) is 19.3 Å². The zero-order valence-electron chi connectivity index (χ0n) is 13.3. The van der Waals surface area contributed by atoms with Crippen LogP contribution in [-0.2, 0) is 9.53 Å². The van der Waals surface area contributed by atoms with E-state index < -0.39 is 5.97 Å². The first-order valence-electron chi connectivity index (χ1n) is 7.92. The first-order valence-corrected chi connectivity index (χ1v) is 7.92. The minimum absolute atomic E-state index is 0.127. The molecular formula is C17H29NO2. The molecule has 114 valence electrons. The van der Waals surface area contributed by atoms with Crippen LogP contribution < -0.4 is 0 Å². The molecule has 1 unspecified atom stereocenters. The van der Waals surface area contributed by atoms with E-state index in [1.807, 2.05) is 0 Å². The topological polar surface area (TPSA) is 30.7 Å². The number of esters is 1. The van der Waals surface area contributed by atoms with E-state index in [4.69, 9.17) is 11.3 Å². The summed E-state index contributed by atoms with van der Waals surface area (Å²) in [7, 11) is 0. The molecule has 0 spiro atoms. The Morgan fingerprint density at radius 2 is 1.75 bits per heavy atom. The monoisotopic (exact) mass is 279 g/mol. The number of unbranched alkanes of at least 4 members (excludes halogenated alkanes) is 6. The summed E-state index contributed by atoms with van der Waals surface area (Å²) in [4.78, 5) is 14.7. The van der Waals surface area contributed by atoms with Gasteiger partial charge in [-0.15, -0.1) is 0 Å². The molecule has 0 amide bonds. The standard InChI is InChI=1S/C17H29NO2/c1-5-7-8-9-10-11-12-13-15(3)14-16(18-4)17(19)20-6-2/h14-15H,5-13H2,1-3H3/b16-14+. The zero-order chi connectivity index (χ0) is 15.2. The highest BCUT2D eigenvalue weighted by Gasteiger charge is 2.12. The van der Waals surface area contributed by atoms with Crippen LogP contribution in [0, 0.1) is 12.5 Å². The van der Waals surface area contributed by atoms with E-state index in [2.05, 4.69) is 18.7 Å². The molecule has 0 saturated carbocycles. The van der Waals surface area contributed by atoms with Gasteiger partial charge >= 0.3 is 5.97 Å². The maximum Gasteiger partial charge on any atom is 0.335 e. The normalized spacial score (nSPS) is 12.8. The Bertz CT molecular complexity index is 328. The molecule has 20 heavy (non-hydrogen) atoms. The van der Waals surface area contributed by atoms with Gasteiger partial charge in [-0.3, -0.25) is 4.79 Å². The number of hydrogen-bond acceptors (Lipinski definition) is 2. The van der Waals surface area contributed by atoms with E-state index in [9.17, 15) is 4.79 Å². The molecule has 0 aromatic heterocycles. The first-order chi connectivity index (χ1) is 9.65. The van der Waals surface area contributed by atoms with Crippen LogP contribution >= 0.6 is 0 Å². The van der Waals surface area contributed by atoms with Crippen LogP contribution in [0.1, 0.15) is 72.1 Å². The largest absolute Gasteiger partial charge is 0.471 e. The van der Waals surface area contributed by atoms with Gasteiger partial charge in [-0.1, -0.05) is 64.9 Å². The van der Waals surface area contributed by atoms with Gasteiger partial charge < -0.3 is 4.74 Å². The Labute approximate surface area is 124 Å². The van der Waals surface area contributed by atoms with Gasteiger partial charge in [0, 0.05) is 0 Å². The van der Waals surface area contributed by atoms with E-state index in [1.165, 1.54) is 38.5 Å². The fraction of sp³-hybridized carbons (Fsp3) is 0.765. The number of allylic oxidation sites excluding steroid dienone is 1. The van der Waals surface area contributed by atoms with E-state index in [1.54, 1.807) is 13.0 Å². The van der Waals surface area contributed by atoms with E-state index in [-0.39, 0.29) is 11.6 Å². The highest BCUT2D eigenvalue weighted by molar-refractivity contribution is 5.90. The molecule has 0 aromatic carbocycles. The lowest BCUT2D eigenvalue weighted by Crippen LogP contribution is -2.06. The molecule has 0 N–H and O–H groups in total. The van der Waals surface area contributed by atoms with Crippen molar-refractivity contribution in [3.05, 3.63) is 23.2 Å². The van der Waals surface area contributed by atoms with Crippen molar-refractivity contribution >= 4 is 5.97 Å². The molecule has 3 heteroatoms. The summed E-state index contributed by atoms with van der Waals surface area (Å²) in [6.45, 7) is 13.4. The molecule has 0 aliphatic rings. The number of carbonyl (C=O) groups is 1. The molecular weight excluding hydrogens is 250 g/mol. The van der Waals surface area contributed by atoms with Crippen molar-refractivity contribution in [2.45, 2.75) is 72.1 Å². The number of rotatable bonds is 11. The maximum absolute atomic E-state index is 11.5. The third-order valence-corrected chi connectivity index (χ3v) is 3.31. The van der Waals surface area contributed by atoms with Crippen LogP contribution in [0.15, 0.2) is 11.8 Å². The first kappa shape index (κ1) is 18.7. The van der Waals surface area contributed by atoms with Crippen molar-refractivity contribution in [1.82, 2.24) is 0 Å². The predicted octanol–water partition coefficient (Wildman–Crippen LogP) is 5.13. The van der Waals surface area contributed by atoms with Crippen molar-refractivity contribution in [3.63, 3.8) is 0 Å². The lowest BCUT2D eigenvalue weighted by Gasteiger charge is -2.07. The number of carbonyl (C=O) groups excluding carboxylic acids is 1. The third kappa shape index (κ3) is 9.61. The summed E-state index contributed by atoms with van der Waals surface area (Å²) in [5, 5.41) is 0. The summed E-state index contributed by atoms with van der Waals surface area (Å²) >= 11 is 0.